The van der Waals surface area contributed by atoms with Crippen molar-refractivity contribution >= 4 is 17.4 Å². The minimum atomic E-state index is 0.126. The van der Waals surface area contributed by atoms with Gasteiger partial charge < -0.3 is 10.6 Å². The molecule has 0 aromatic carbocycles. The van der Waals surface area contributed by atoms with Crippen molar-refractivity contribution in [3.05, 3.63) is 10.6 Å². The number of rotatable bonds is 2. The van der Waals surface area contributed by atoms with Gasteiger partial charge in [-0.2, -0.15) is 0 Å². The van der Waals surface area contributed by atoms with Gasteiger partial charge in [-0.05, 0) is 43.6 Å². The summed E-state index contributed by atoms with van der Waals surface area (Å²) < 4.78 is 3.91. The second-order valence-corrected chi connectivity index (χ2v) is 5.99. The lowest BCUT2D eigenvalue weighted by molar-refractivity contribution is 0.0579. The van der Waals surface area contributed by atoms with E-state index in [2.05, 4.69) is 14.5 Å². The molecule has 18 heavy (non-hydrogen) atoms. The van der Waals surface area contributed by atoms with E-state index in [0.717, 1.165) is 42.7 Å². The highest BCUT2D eigenvalue weighted by Gasteiger charge is 2.43. The van der Waals surface area contributed by atoms with Crippen LogP contribution in [0.3, 0.4) is 0 Å². The summed E-state index contributed by atoms with van der Waals surface area (Å²) in [5.74, 6) is 0.126. The molecule has 0 radical (unpaired) electrons. The predicted molar refractivity (Wildman–Crippen MR) is 69.5 cm³/mol. The first kappa shape index (κ1) is 12.0. The second kappa shape index (κ2) is 4.59. The Kier molecular flexibility index (Phi) is 3.07. The van der Waals surface area contributed by atoms with Gasteiger partial charge in [-0.25, -0.2) is 0 Å². The minimum Gasteiger partial charge on any atom is -0.332 e. The minimum absolute atomic E-state index is 0.126. The molecule has 2 unspecified atom stereocenters. The number of carbonyl (C=O) groups excluding carboxylic acids is 1. The molecule has 0 aliphatic carbocycles. The van der Waals surface area contributed by atoms with Gasteiger partial charge in [0.1, 0.15) is 4.88 Å². The van der Waals surface area contributed by atoms with Gasteiger partial charge in [-0.1, -0.05) is 11.4 Å². The van der Waals surface area contributed by atoms with Crippen molar-refractivity contribution in [3.63, 3.8) is 0 Å². The molecule has 2 N–H and O–H groups in total. The molecule has 1 aromatic heterocycles. The van der Waals surface area contributed by atoms with Crippen LogP contribution in [0.4, 0.5) is 0 Å². The number of carbonyl (C=O) groups is 1. The molecule has 2 saturated heterocycles. The largest absolute Gasteiger partial charge is 0.332 e. The number of hydrogen-bond donors (Lipinski definition) is 1. The van der Waals surface area contributed by atoms with Crippen LogP contribution >= 0.6 is 11.5 Å². The number of aryl methyl sites for hydroxylation is 1. The number of hydrogen-bond acceptors (Lipinski definition) is 5. The van der Waals surface area contributed by atoms with Crippen molar-refractivity contribution < 1.29 is 4.79 Å². The molecule has 3 heterocycles. The third kappa shape index (κ3) is 1.83. The molecule has 2 bridgehead atoms. The number of aromatic nitrogens is 2. The summed E-state index contributed by atoms with van der Waals surface area (Å²) in [6, 6.07) is 0.924. The van der Waals surface area contributed by atoms with Crippen LogP contribution in [0.2, 0.25) is 0 Å². The highest BCUT2D eigenvalue weighted by Crippen LogP contribution is 2.36. The second-order valence-electron chi connectivity index (χ2n) is 5.23. The number of nitrogens with two attached hydrogens (primary N) is 1. The van der Waals surface area contributed by atoms with E-state index in [4.69, 9.17) is 5.73 Å². The summed E-state index contributed by atoms with van der Waals surface area (Å²) in [5.41, 5.74) is 6.87. The van der Waals surface area contributed by atoms with Crippen molar-refractivity contribution in [1.82, 2.24) is 14.5 Å². The molecule has 3 rings (SSSR count). The third-order valence-electron chi connectivity index (χ3n) is 4.09. The van der Waals surface area contributed by atoms with Crippen molar-refractivity contribution in [2.75, 3.05) is 0 Å². The van der Waals surface area contributed by atoms with Crippen LogP contribution in [-0.4, -0.2) is 38.5 Å². The number of amides is 1. The summed E-state index contributed by atoms with van der Waals surface area (Å²) in [6.45, 7) is 2.01. The van der Waals surface area contributed by atoms with Crippen LogP contribution in [0, 0.1) is 0 Å². The first-order chi connectivity index (χ1) is 8.70. The molecule has 98 valence electrons. The Morgan fingerprint density at radius 1 is 1.44 bits per heavy atom. The molecular formula is C12H18N4OS. The summed E-state index contributed by atoms with van der Waals surface area (Å²) >= 11 is 1.22. The van der Waals surface area contributed by atoms with Gasteiger partial charge >= 0.3 is 0 Å². The number of fused-ring (bicyclic) bond motifs is 2. The van der Waals surface area contributed by atoms with Gasteiger partial charge in [-0.15, -0.1) is 5.10 Å². The molecule has 0 spiro atoms. The highest BCUT2D eigenvalue weighted by molar-refractivity contribution is 7.08. The van der Waals surface area contributed by atoms with Gasteiger partial charge in [0, 0.05) is 18.1 Å². The lowest BCUT2D eigenvalue weighted by Crippen LogP contribution is -2.50. The Hall–Kier alpha value is -1.01. The van der Waals surface area contributed by atoms with Crippen molar-refractivity contribution in [2.24, 2.45) is 5.73 Å². The summed E-state index contributed by atoms with van der Waals surface area (Å²) in [5, 5.41) is 4.03. The SMILES string of the molecule is CCc1nnsc1C(=O)N1C2CCC1CC(N)C2. The molecule has 2 aliphatic heterocycles. The molecule has 1 amide bonds. The molecule has 2 fully saturated rings. The Morgan fingerprint density at radius 3 is 2.72 bits per heavy atom. The third-order valence-corrected chi connectivity index (χ3v) is 4.85. The monoisotopic (exact) mass is 266 g/mol. The first-order valence-corrected chi connectivity index (χ1v) is 7.37. The fraction of sp³-hybridized carbons (Fsp3) is 0.750. The maximum absolute atomic E-state index is 12.6. The first-order valence-electron chi connectivity index (χ1n) is 6.60. The van der Waals surface area contributed by atoms with E-state index < -0.39 is 0 Å². The molecule has 6 heteroatoms. The summed E-state index contributed by atoms with van der Waals surface area (Å²) in [7, 11) is 0. The zero-order chi connectivity index (χ0) is 12.7. The molecule has 5 nitrogen and oxygen atoms in total. The van der Waals surface area contributed by atoms with Gasteiger partial charge in [0.15, 0.2) is 0 Å². The van der Waals surface area contributed by atoms with Crippen LogP contribution in [0.1, 0.15) is 48.0 Å². The van der Waals surface area contributed by atoms with E-state index in [-0.39, 0.29) is 11.9 Å². The van der Waals surface area contributed by atoms with Crippen LogP contribution in [0.25, 0.3) is 0 Å². The molecule has 1 aromatic rings. The van der Waals surface area contributed by atoms with Gasteiger partial charge in [0.05, 0.1) is 5.69 Å². The topological polar surface area (TPSA) is 72.1 Å². The highest BCUT2D eigenvalue weighted by atomic mass is 32.1. The number of nitrogens with zero attached hydrogens (tertiary/aromatic N) is 3. The van der Waals surface area contributed by atoms with E-state index >= 15 is 0 Å². The smallest absolute Gasteiger partial charge is 0.268 e. The lowest BCUT2D eigenvalue weighted by atomic mass is 9.98. The fourth-order valence-corrected chi connectivity index (χ4v) is 3.97. The Bertz CT molecular complexity index is 447. The predicted octanol–water partition coefficient (Wildman–Crippen LogP) is 1.19. The molecule has 2 aliphatic rings. The van der Waals surface area contributed by atoms with Gasteiger partial charge in [0.2, 0.25) is 0 Å². The molecule has 2 atom stereocenters. The summed E-state index contributed by atoms with van der Waals surface area (Å²) in [6.07, 6.45) is 4.84. The lowest BCUT2D eigenvalue weighted by Gasteiger charge is -2.37. The van der Waals surface area contributed by atoms with Gasteiger partial charge in [-0.3, -0.25) is 4.79 Å². The standard InChI is InChI=1S/C12H18N4OS/c1-2-10-11(18-15-14-10)12(17)16-8-3-4-9(16)6-7(13)5-8/h7-9H,2-6,13H2,1H3. The Morgan fingerprint density at radius 2 is 2.11 bits per heavy atom. The quantitative estimate of drug-likeness (QED) is 0.873. The van der Waals surface area contributed by atoms with Crippen molar-refractivity contribution in [1.29, 1.82) is 0 Å². The summed E-state index contributed by atoms with van der Waals surface area (Å²) in [4.78, 5) is 15.4. The van der Waals surface area contributed by atoms with E-state index in [0.29, 0.717) is 12.1 Å². The van der Waals surface area contributed by atoms with Crippen molar-refractivity contribution in [2.45, 2.75) is 57.2 Å². The Balaban J connectivity index is 1.85. The van der Waals surface area contributed by atoms with E-state index in [1.54, 1.807) is 0 Å². The average molecular weight is 266 g/mol. The average Bonchev–Trinajstić information content (AvgIpc) is 2.92. The maximum atomic E-state index is 12.6. The maximum Gasteiger partial charge on any atom is 0.268 e. The van der Waals surface area contributed by atoms with Gasteiger partial charge in [0.25, 0.3) is 5.91 Å². The van der Waals surface area contributed by atoms with E-state index in [1.807, 2.05) is 6.92 Å². The van der Waals surface area contributed by atoms with Crippen LogP contribution in [0.5, 0.6) is 0 Å². The number of piperidine rings is 1. The van der Waals surface area contributed by atoms with E-state index in [9.17, 15) is 4.79 Å². The van der Waals surface area contributed by atoms with E-state index in [1.165, 1.54) is 11.5 Å². The molecular weight excluding hydrogens is 248 g/mol. The zero-order valence-electron chi connectivity index (χ0n) is 10.5. The van der Waals surface area contributed by atoms with Crippen LogP contribution < -0.4 is 5.73 Å². The van der Waals surface area contributed by atoms with Crippen LogP contribution in [0.15, 0.2) is 0 Å². The molecule has 0 saturated carbocycles. The van der Waals surface area contributed by atoms with Crippen LogP contribution in [-0.2, 0) is 6.42 Å². The Labute approximate surface area is 111 Å². The van der Waals surface area contributed by atoms with Crippen molar-refractivity contribution in [3.8, 4) is 0 Å². The normalized spacial score (nSPS) is 30.8. The fourth-order valence-electron chi connectivity index (χ4n) is 3.27. The zero-order valence-corrected chi connectivity index (χ0v) is 11.3.